The number of dihydropyridines is 1. The summed E-state index contributed by atoms with van der Waals surface area (Å²) in [7, 11) is 0. The molecule has 0 saturated heterocycles. The van der Waals surface area contributed by atoms with Gasteiger partial charge < -0.3 is 5.11 Å². The minimum Gasteiger partial charge on any atom is -0.480 e. The standard InChI is InChI=1S/C11H17NO2/c1-3-4-6-11(2)7-5-8-12-9(11)10(13)14/h5,7-9H,3-4,6H2,1-2H3,(H,13,14). The van der Waals surface area contributed by atoms with Gasteiger partial charge in [0.15, 0.2) is 6.04 Å². The summed E-state index contributed by atoms with van der Waals surface area (Å²) in [5.74, 6) is -0.829. The molecule has 1 N–H and O–H groups in total. The van der Waals surface area contributed by atoms with E-state index in [2.05, 4.69) is 11.9 Å². The van der Waals surface area contributed by atoms with Crippen LogP contribution in [0.4, 0.5) is 0 Å². The summed E-state index contributed by atoms with van der Waals surface area (Å²) >= 11 is 0. The average Bonchev–Trinajstić information content (AvgIpc) is 2.15. The van der Waals surface area contributed by atoms with E-state index in [0.29, 0.717) is 0 Å². The maximum atomic E-state index is 11.0. The van der Waals surface area contributed by atoms with E-state index in [-0.39, 0.29) is 5.41 Å². The minimum absolute atomic E-state index is 0.309. The van der Waals surface area contributed by atoms with E-state index >= 15 is 0 Å². The summed E-state index contributed by atoms with van der Waals surface area (Å²) in [5, 5.41) is 9.03. The summed E-state index contributed by atoms with van der Waals surface area (Å²) in [5.41, 5.74) is -0.309. The topological polar surface area (TPSA) is 49.7 Å². The van der Waals surface area contributed by atoms with E-state index in [0.717, 1.165) is 19.3 Å². The Balaban J connectivity index is 2.77. The van der Waals surface area contributed by atoms with Gasteiger partial charge in [0, 0.05) is 11.6 Å². The van der Waals surface area contributed by atoms with Crippen molar-refractivity contribution < 1.29 is 9.90 Å². The molecule has 14 heavy (non-hydrogen) atoms. The highest BCUT2D eigenvalue weighted by atomic mass is 16.4. The molecule has 0 spiro atoms. The Kier molecular flexibility index (Phi) is 3.44. The smallest absolute Gasteiger partial charge is 0.329 e. The van der Waals surface area contributed by atoms with Crippen LogP contribution in [0.15, 0.2) is 17.1 Å². The number of carboxylic acid groups (broad SMARTS) is 1. The molecule has 0 bridgehead atoms. The molecule has 3 nitrogen and oxygen atoms in total. The zero-order valence-electron chi connectivity index (χ0n) is 8.73. The van der Waals surface area contributed by atoms with Gasteiger partial charge >= 0.3 is 5.97 Å². The van der Waals surface area contributed by atoms with E-state index in [1.807, 2.05) is 19.1 Å². The second kappa shape index (κ2) is 4.40. The quantitative estimate of drug-likeness (QED) is 0.748. The van der Waals surface area contributed by atoms with Crippen molar-refractivity contribution in [2.24, 2.45) is 10.4 Å². The fraction of sp³-hybridized carbons (Fsp3) is 0.636. The SMILES string of the molecule is CCCCC1(C)C=CC=NC1C(=O)O. The maximum Gasteiger partial charge on any atom is 0.329 e. The van der Waals surface area contributed by atoms with Crippen LogP contribution in [0.3, 0.4) is 0 Å². The van der Waals surface area contributed by atoms with E-state index in [1.165, 1.54) is 0 Å². The van der Waals surface area contributed by atoms with Crippen LogP contribution in [0, 0.1) is 5.41 Å². The van der Waals surface area contributed by atoms with Crippen molar-refractivity contribution in [2.45, 2.75) is 39.2 Å². The van der Waals surface area contributed by atoms with Gasteiger partial charge in [-0.3, -0.25) is 4.99 Å². The number of hydrogen-bond donors (Lipinski definition) is 1. The zero-order valence-corrected chi connectivity index (χ0v) is 8.73. The molecule has 1 heterocycles. The molecule has 1 aliphatic rings. The van der Waals surface area contributed by atoms with Crippen LogP contribution in [-0.4, -0.2) is 23.3 Å². The summed E-state index contributed by atoms with van der Waals surface area (Å²) < 4.78 is 0. The third-order valence-electron chi connectivity index (χ3n) is 2.73. The molecular weight excluding hydrogens is 178 g/mol. The summed E-state index contributed by atoms with van der Waals surface area (Å²) in [4.78, 5) is 15.0. The average molecular weight is 195 g/mol. The molecule has 0 amide bonds. The minimum atomic E-state index is -0.829. The van der Waals surface area contributed by atoms with Gasteiger partial charge in [0.1, 0.15) is 0 Å². The van der Waals surface area contributed by atoms with Crippen LogP contribution in [0.25, 0.3) is 0 Å². The van der Waals surface area contributed by atoms with Gasteiger partial charge in [0.2, 0.25) is 0 Å². The Morgan fingerprint density at radius 2 is 2.36 bits per heavy atom. The first-order valence-electron chi connectivity index (χ1n) is 5.04. The summed E-state index contributed by atoms with van der Waals surface area (Å²) in [6.45, 7) is 4.07. The zero-order chi connectivity index (χ0) is 10.6. The molecule has 1 aliphatic heterocycles. The highest BCUT2D eigenvalue weighted by Gasteiger charge is 2.37. The van der Waals surface area contributed by atoms with Gasteiger partial charge in [-0.25, -0.2) is 4.79 Å². The predicted molar refractivity (Wildman–Crippen MR) is 56.7 cm³/mol. The molecule has 2 unspecified atom stereocenters. The third kappa shape index (κ3) is 2.22. The third-order valence-corrected chi connectivity index (χ3v) is 2.73. The maximum absolute atomic E-state index is 11.0. The molecule has 0 radical (unpaired) electrons. The van der Waals surface area contributed by atoms with Crippen LogP contribution >= 0.6 is 0 Å². The molecule has 0 saturated carbocycles. The first kappa shape index (κ1) is 11.0. The van der Waals surface area contributed by atoms with Crippen LogP contribution in [0.2, 0.25) is 0 Å². The largest absolute Gasteiger partial charge is 0.480 e. The van der Waals surface area contributed by atoms with E-state index < -0.39 is 12.0 Å². The molecule has 0 aliphatic carbocycles. The number of unbranched alkanes of at least 4 members (excludes halogenated alkanes) is 1. The van der Waals surface area contributed by atoms with E-state index in [4.69, 9.17) is 5.11 Å². The fourth-order valence-corrected chi connectivity index (χ4v) is 1.78. The number of allylic oxidation sites excluding steroid dienone is 1. The highest BCUT2D eigenvalue weighted by Crippen LogP contribution is 2.33. The number of aliphatic imine (C=N–C) groups is 1. The first-order chi connectivity index (χ1) is 6.60. The van der Waals surface area contributed by atoms with E-state index in [9.17, 15) is 4.79 Å². The number of aliphatic carboxylic acids is 1. The highest BCUT2D eigenvalue weighted by molar-refractivity contribution is 5.82. The van der Waals surface area contributed by atoms with Gasteiger partial charge in [0.25, 0.3) is 0 Å². The molecule has 0 aromatic carbocycles. The molecule has 0 aromatic rings. The molecular formula is C11H17NO2. The van der Waals surface area contributed by atoms with Gasteiger partial charge in [-0.2, -0.15) is 0 Å². The molecule has 78 valence electrons. The monoisotopic (exact) mass is 195 g/mol. The van der Waals surface area contributed by atoms with Crippen molar-refractivity contribution in [3.8, 4) is 0 Å². The van der Waals surface area contributed by atoms with Crippen molar-refractivity contribution in [3.05, 3.63) is 12.2 Å². The Bertz CT molecular complexity index is 270. The van der Waals surface area contributed by atoms with Gasteiger partial charge in [-0.15, -0.1) is 0 Å². The lowest BCUT2D eigenvalue weighted by atomic mass is 9.77. The van der Waals surface area contributed by atoms with Gasteiger partial charge in [0.05, 0.1) is 0 Å². The predicted octanol–water partition coefficient (Wildman–Crippen LogP) is 2.28. The van der Waals surface area contributed by atoms with Crippen LogP contribution < -0.4 is 0 Å². The van der Waals surface area contributed by atoms with Gasteiger partial charge in [-0.05, 0) is 12.5 Å². The van der Waals surface area contributed by atoms with Crippen LogP contribution in [0.5, 0.6) is 0 Å². The Hall–Kier alpha value is -1.12. The molecule has 3 heteroatoms. The number of carbonyl (C=O) groups is 1. The lowest BCUT2D eigenvalue weighted by Crippen LogP contribution is -2.37. The van der Waals surface area contributed by atoms with Crippen molar-refractivity contribution in [3.63, 3.8) is 0 Å². The molecule has 1 rings (SSSR count). The van der Waals surface area contributed by atoms with Crippen molar-refractivity contribution in [1.82, 2.24) is 0 Å². The van der Waals surface area contributed by atoms with Crippen LogP contribution in [-0.2, 0) is 4.79 Å². The number of rotatable bonds is 4. The number of carboxylic acids is 1. The van der Waals surface area contributed by atoms with Crippen molar-refractivity contribution in [2.75, 3.05) is 0 Å². The summed E-state index contributed by atoms with van der Waals surface area (Å²) in [6.07, 6.45) is 8.39. The lowest BCUT2D eigenvalue weighted by molar-refractivity contribution is -0.140. The Morgan fingerprint density at radius 3 is 2.93 bits per heavy atom. The number of hydrogen-bond acceptors (Lipinski definition) is 2. The number of nitrogens with zero attached hydrogens (tertiary/aromatic N) is 1. The second-order valence-electron chi connectivity index (χ2n) is 4.01. The molecule has 0 aromatic heterocycles. The van der Waals surface area contributed by atoms with Crippen molar-refractivity contribution in [1.29, 1.82) is 0 Å². The molecule has 0 fully saturated rings. The van der Waals surface area contributed by atoms with E-state index in [1.54, 1.807) is 6.21 Å². The summed E-state index contributed by atoms with van der Waals surface area (Å²) in [6, 6.07) is -0.612. The van der Waals surface area contributed by atoms with Gasteiger partial charge in [-0.1, -0.05) is 32.8 Å². The fourth-order valence-electron chi connectivity index (χ4n) is 1.78. The Labute approximate surface area is 84.5 Å². The normalized spacial score (nSPS) is 30.6. The van der Waals surface area contributed by atoms with Crippen LogP contribution in [0.1, 0.15) is 33.1 Å². The molecule has 2 atom stereocenters. The first-order valence-corrected chi connectivity index (χ1v) is 5.04. The Morgan fingerprint density at radius 1 is 1.64 bits per heavy atom. The second-order valence-corrected chi connectivity index (χ2v) is 4.01. The lowest BCUT2D eigenvalue weighted by Gasteiger charge is -2.31. The van der Waals surface area contributed by atoms with Crippen molar-refractivity contribution >= 4 is 12.2 Å².